The molecule has 0 saturated heterocycles. The monoisotopic (exact) mass is 362 g/mol. The van der Waals surface area contributed by atoms with Gasteiger partial charge in [0.15, 0.2) is 0 Å². The van der Waals surface area contributed by atoms with Crippen LogP contribution in [0, 0.1) is 0 Å². The van der Waals surface area contributed by atoms with Crippen molar-refractivity contribution in [2.45, 2.75) is 32.7 Å². The smallest absolute Gasteiger partial charge is 0.251 e. The number of nitrogens with zero attached hydrogens (tertiary/aromatic N) is 2. The van der Waals surface area contributed by atoms with Crippen molar-refractivity contribution >= 4 is 16.9 Å². The van der Waals surface area contributed by atoms with Gasteiger partial charge in [-0.1, -0.05) is 18.2 Å². The molecule has 0 bridgehead atoms. The molecule has 27 heavy (non-hydrogen) atoms. The molecule has 1 aliphatic heterocycles. The van der Waals surface area contributed by atoms with Crippen LogP contribution in [0.4, 0.5) is 0 Å². The van der Waals surface area contributed by atoms with Crippen LogP contribution in [0.15, 0.2) is 42.5 Å². The Hall–Kier alpha value is -2.66. The Morgan fingerprint density at radius 2 is 1.96 bits per heavy atom. The van der Waals surface area contributed by atoms with Gasteiger partial charge in [-0.25, -0.2) is 4.98 Å². The van der Waals surface area contributed by atoms with E-state index in [1.165, 1.54) is 11.1 Å². The Morgan fingerprint density at radius 1 is 1.15 bits per heavy atom. The van der Waals surface area contributed by atoms with Crippen LogP contribution in [0.5, 0.6) is 0 Å². The van der Waals surface area contributed by atoms with Gasteiger partial charge in [-0.3, -0.25) is 4.79 Å². The molecule has 0 spiro atoms. The fourth-order valence-corrected chi connectivity index (χ4v) is 3.87. The van der Waals surface area contributed by atoms with Crippen LogP contribution in [-0.2, 0) is 25.8 Å². The molecular formula is C22H26N4O. The van der Waals surface area contributed by atoms with Gasteiger partial charge in [-0.2, -0.15) is 0 Å². The Morgan fingerprint density at radius 3 is 2.81 bits per heavy atom. The van der Waals surface area contributed by atoms with Crippen molar-refractivity contribution in [3.63, 3.8) is 0 Å². The van der Waals surface area contributed by atoms with Gasteiger partial charge < -0.3 is 15.2 Å². The number of hydrogen-bond acceptors (Lipinski definition) is 3. The zero-order valence-corrected chi connectivity index (χ0v) is 15.8. The van der Waals surface area contributed by atoms with Crippen molar-refractivity contribution in [1.82, 2.24) is 20.2 Å². The van der Waals surface area contributed by atoms with E-state index in [1.807, 2.05) is 24.3 Å². The fraction of sp³-hybridized carbons (Fsp3) is 0.364. The maximum absolute atomic E-state index is 12.6. The second-order valence-corrected chi connectivity index (χ2v) is 7.00. The van der Waals surface area contributed by atoms with E-state index >= 15 is 0 Å². The summed E-state index contributed by atoms with van der Waals surface area (Å²) in [7, 11) is 0. The number of nitrogens with one attached hydrogen (secondary N) is 2. The molecule has 0 fully saturated rings. The Balaban J connectivity index is 1.42. The molecule has 1 aromatic heterocycles. The van der Waals surface area contributed by atoms with Crippen LogP contribution in [0.3, 0.4) is 0 Å². The number of para-hydroxylation sites is 2. The standard InChI is InChI=1S/C22H26N4O/c1-2-26-20-6-4-3-5-19(20)25-21(26)11-14-24-22(27)18-8-7-16-9-12-23-13-10-17(16)15-18/h3-8,15,23H,2,9-14H2,1H3,(H,24,27). The second-order valence-electron chi connectivity index (χ2n) is 7.00. The molecule has 0 atom stereocenters. The Kier molecular flexibility index (Phi) is 5.21. The average molecular weight is 362 g/mol. The third-order valence-corrected chi connectivity index (χ3v) is 5.29. The maximum atomic E-state index is 12.6. The fourth-order valence-electron chi connectivity index (χ4n) is 3.87. The molecule has 3 aromatic rings. The zero-order chi connectivity index (χ0) is 18.6. The van der Waals surface area contributed by atoms with Crippen molar-refractivity contribution in [1.29, 1.82) is 0 Å². The highest BCUT2D eigenvalue weighted by molar-refractivity contribution is 5.94. The number of rotatable bonds is 5. The lowest BCUT2D eigenvalue weighted by atomic mass is 10.00. The molecular weight excluding hydrogens is 336 g/mol. The highest BCUT2D eigenvalue weighted by Crippen LogP contribution is 2.17. The molecule has 140 valence electrons. The van der Waals surface area contributed by atoms with Crippen LogP contribution >= 0.6 is 0 Å². The predicted octanol–water partition coefficient (Wildman–Crippen LogP) is 2.72. The lowest BCUT2D eigenvalue weighted by molar-refractivity contribution is 0.0954. The summed E-state index contributed by atoms with van der Waals surface area (Å²) in [5.41, 5.74) is 5.56. The summed E-state index contributed by atoms with van der Waals surface area (Å²) in [4.78, 5) is 17.3. The van der Waals surface area contributed by atoms with Gasteiger partial charge in [0.25, 0.3) is 5.91 Å². The number of carbonyl (C=O) groups is 1. The van der Waals surface area contributed by atoms with E-state index in [4.69, 9.17) is 4.98 Å². The van der Waals surface area contributed by atoms with Gasteiger partial charge in [-0.15, -0.1) is 0 Å². The van der Waals surface area contributed by atoms with Gasteiger partial charge in [0.2, 0.25) is 0 Å². The molecule has 1 amide bonds. The van der Waals surface area contributed by atoms with Crippen molar-refractivity contribution in [3.8, 4) is 0 Å². The Labute approximate surface area is 159 Å². The summed E-state index contributed by atoms with van der Waals surface area (Å²) in [6.45, 7) is 5.58. The largest absolute Gasteiger partial charge is 0.352 e. The number of carbonyl (C=O) groups excluding carboxylic acids is 1. The van der Waals surface area contributed by atoms with Crippen LogP contribution in [0.25, 0.3) is 11.0 Å². The molecule has 2 heterocycles. The van der Waals surface area contributed by atoms with E-state index in [1.54, 1.807) is 0 Å². The summed E-state index contributed by atoms with van der Waals surface area (Å²) >= 11 is 0. The molecule has 0 aliphatic carbocycles. The van der Waals surface area contributed by atoms with Crippen molar-refractivity contribution in [2.24, 2.45) is 0 Å². The Bertz CT molecular complexity index is 960. The van der Waals surface area contributed by atoms with E-state index in [0.717, 1.165) is 61.3 Å². The molecule has 4 rings (SSSR count). The van der Waals surface area contributed by atoms with Crippen LogP contribution < -0.4 is 10.6 Å². The summed E-state index contributed by atoms with van der Waals surface area (Å²) < 4.78 is 2.22. The van der Waals surface area contributed by atoms with Crippen molar-refractivity contribution in [2.75, 3.05) is 19.6 Å². The molecule has 0 saturated carbocycles. The van der Waals surface area contributed by atoms with Crippen LogP contribution in [-0.4, -0.2) is 35.1 Å². The molecule has 5 nitrogen and oxygen atoms in total. The van der Waals surface area contributed by atoms with Gasteiger partial charge >= 0.3 is 0 Å². The quantitative estimate of drug-likeness (QED) is 0.734. The SMILES string of the molecule is CCn1c(CCNC(=O)c2ccc3c(c2)CCNCC3)nc2ccccc21. The third-order valence-electron chi connectivity index (χ3n) is 5.29. The van der Waals surface area contributed by atoms with Gasteiger partial charge in [0, 0.05) is 25.1 Å². The number of amides is 1. The number of hydrogen-bond donors (Lipinski definition) is 2. The number of fused-ring (bicyclic) bond motifs is 2. The van der Waals surface area contributed by atoms with E-state index in [0.29, 0.717) is 6.54 Å². The minimum Gasteiger partial charge on any atom is -0.352 e. The van der Waals surface area contributed by atoms with Gasteiger partial charge in [0.05, 0.1) is 11.0 Å². The molecule has 2 N–H and O–H groups in total. The van der Waals surface area contributed by atoms with Crippen molar-refractivity contribution in [3.05, 3.63) is 65.0 Å². The summed E-state index contributed by atoms with van der Waals surface area (Å²) in [5, 5.41) is 6.46. The number of aryl methyl sites for hydroxylation is 1. The number of benzene rings is 2. The van der Waals surface area contributed by atoms with E-state index in [-0.39, 0.29) is 5.91 Å². The molecule has 2 aromatic carbocycles. The topological polar surface area (TPSA) is 59.0 Å². The number of imidazole rings is 1. The van der Waals surface area contributed by atoms with E-state index in [9.17, 15) is 4.79 Å². The lowest BCUT2D eigenvalue weighted by Gasteiger charge is -2.10. The average Bonchev–Trinajstić information content (AvgIpc) is 2.88. The molecule has 0 radical (unpaired) electrons. The first-order valence-electron chi connectivity index (χ1n) is 9.81. The minimum absolute atomic E-state index is 0.00540. The highest BCUT2D eigenvalue weighted by Gasteiger charge is 2.13. The minimum atomic E-state index is -0.00540. The van der Waals surface area contributed by atoms with E-state index in [2.05, 4.69) is 40.3 Å². The van der Waals surface area contributed by atoms with Gasteiger partial charge in [0.1, 0.15) is 5.82 Å². The third kappa shape index (κ3) is 3.74. The number of aromatic nitrogens is 2. The summed E-state index contributed by atoms with van der Waals surface area (Å²) in [5.74, 6) is 1.01. The zero-order valence-electron chi connectivity index (χ0n) is 15.8. The first-order chi connectivity index (χ1) is 13.3. The van der Waals surface area contributed by atoms with Crippen molar-refractivity contribution < 1.29 is 4.79 Å². The van der Waals surface area contributed by atoms with Crippen LogP contribution in [0.1, 0.15) is 34.2 Å². The molecule has 0 unspecified atom stereocenters. The summed E-state index contributed by atoms with van der Waals surface area (Å²) in [6.07, 6.45) is 2.74. The predicted molar refractivity (Wildman–Crippen MR) is 108 cm³/mol. The lowest BCUT2D eigenvalue weighted by Crippen LogP contribution is -2.26. The van der Waals surface area contributed by atoms with Crippen LogP contribution in [0.2, 0.25) is 0 Å². The maximum Gasteiger partial charge on any atom is 0.251 e. The molecule has 5 heteroatoms. The second kappa shape index (κ2) is 7.92. The first-order valence-corrected chi connectivity index (χ1v) is 9.81. The summed E-state index contributed by atoms with van der Waals surface area (Å²) in [6, 6.07) is 14.3. The highest BCUT2D eigenvalue weighted by atomic mass is 16.1. The normalized spacial score (nSPS) is 14.0. The van der Waals surface area contributed by atoms with Gasteiger partial charge in [-0.05, 0) is 68.2 Å². The first kappa shape index (κ1) is 17.7. The molecule has 1 aliphatic rings. The van der Waals surface area contributed by atoms with E-state index < -0.39 is 0 Å².